The molecule has 1 aliphatic rings. The third-order valence-corrected chi connectivity index (χ3v) is 4.65. The molecule has 188 valence electrons. The third kappa shape index (κ3) is 8.43. The SMILES string of the molecule is N[C@H]1CN(C(=O)NS(=O)(=O)CC=CNNC(=O)c2cc(=O)c(O)c[nH]2)C1=O.O=C(O)C(F)(F)F. The van der Waals surface area contributed by atoms with Gasteiger partial charge in [0.05, 0.1) is 12.3 Å². The number of likely N-dealkylation sites (tertiary alicyclic amines) is 1. The minimum atomic E-state index is -5.08. The number of H-pyrrole nitrogens is 1. The van der Waals surface area contributed by atoms with Gasteiger partial charge in [0.2, 0.25) is 21.4 Å². The number of halogens is 3. The van der Waals surface area contributed by atoms with Crippen molar-refractivity contribution in [2.24, 2.45) is 5.73 Å². The van der Waals surface area contributed by atoms with E-state index in [0.717, 1.165) is 24.5 Å². The van der Waals surface area contributed by atoms with E-state index < -0.39 is 63.0 Å². The Balaban J connectivity index is 0.000000718. The van der Waals surface area contributed by atoms with Gasteiger partial charge in [-0.05, 0) is 0 Å². The van der Waals surface area contributed by atoms with Gasteiger partial charge in [-0.25, -0.2) is 22.7 Å². The number of aromatic nitrogens is 1. The minimum absolute atomic E-state index is 0.0665. The molecule has 0 radical (unpaired) electrons. The van der Waals surface area contributed by atoms with E-state index in [4.69, 9.17) is 20.7 Å². The van der Waals surface area contributed by atoms with Crippen molar-refractivity contribution in [1.29, 1.82) is 0 Å². The van der Waals surface area contributed by atoms with Crippen LogP contribution in [0.5, 0.6) is 5.75 Å². The highest BCUT2D eigenvalue weighted by Gasteiger charge is 2.39. The summed E-state index contributed by atoms with van der Waals surface area (Å²) < 4.78 is 56.9. The number of amides is 4. The van der Waals surface area contributed by atoms with Gasteiger partial charge in [0, 0.05) is 18.5 Å². The van der Waals surface area contributed by atoms with Gasteiger partial charge in [-0.15, -0.1) is 0 Å². The van der Waals surface area contributed by atoms with Gasteiger partial charge in [0.1, 0.15) is 11.7 Å². The average Bonchev–Trinajstić information content (AvgIpc) is 2.72. The summed E-state index contributed by atoms with van der Waals surface area (Å²) in [6, 6.07) is -1.03. The van der Waals surface area contributed by atoms with Gasteiger partial charge in [0.15, 0.2) is 5.75 Å². The predicted octanol–water partition coefficient (Wildman–Crippen LogP) is -2.33. The van der Waals surface area contributed by atoms with Gasteiger partial charge in [0.25, 0.3) is 5.91 Å². The topological polar surface area (TPSA) is 241 Å². The molecular formula is C15H17F3N6O9S. The van der Waals surface area contributed by atoms with Crippen LogP contribution in [0, 0.1) is 0 Å². The number of hydrazine groups is 1. The number of hydrogen-bond acceptors (Lipinski definition) is 10. The van der Waals surface area contributed by atoms with Crippen molar-refractivity contribution in [2.75, 3.05) is 12.3 Å². The number of carbonyl (C=O) groups excluding carboxylic acids is 3. The Morgan fingerprint density at radius 1 is 1.29 bits per heavy atom. The molecule has 0 unspecified atom stereocenters. The Labute approximate surface area is 187 Å². The molecule has 1 fully saturated rings. The third-order valence-electron chi connectivity index (χ3n) is 3.53. The lowest BCUT2D eigenvalue weighted by Gasteiger charge is -2.33. The van der Waals surface area contributed by atoms with Crippen molar-refractivity contribution >= 4 is 33.8 Å². The van der Waals surface area contributed by atoms with E-state index >= 15 is 0 Å². The smallest absolute Gasteiger partial charge is 0.490 e. The zero-order valence-electron chi connectivity index (χ0n) is 16.6. The summed E-state index contributed by atoms with van der Waals surface area (Å²) in [6.07, 6.45) is -1.98. The van der Waals surface area contributed by atoms with Crippen molar-refractivity contribution in [1.82, 2.24) is 25.5 Å². The molecule has 1 aromatic heterocycles. The summed E-state index contributed by atoms with van der Waals surface area (Å²) in [5.41, 5.74) is 8.83. The van der Waals surface area contributed by atoms with Crippen LogP contribution < -0.4 is 26.7 Å². The van der Waals surface area contributed by atoms with Crippen LogP contribution >= 0.6 is 0 Å². The number of β-lactam (4-membered cyclic amide) rings is 1. The number of nitrogens with zero attached hydrogens (tertiary/aromatic N) is 1. The second-order valence-electron chi connectivity index (χ2n) is 6.14. The second kappa shape index (κ2) is 11.1. The number of pyridine rings is 1. The quantitative estimate of drug-likeness (QED) is 0.157. The number of carboxylic acid groups (broad SMARTS) is 1. The molecule has 0 aromatic carbocycles. The molecule has 0 aliphatic carbocycles. The number of aromatic hydroxyl groups is 1. The molecule has 15 nitrogen and oxygen atoms in total. The van der Waals surface area contributed by atoms with Gasteiger partial charge in [-0.2, -0.15) is 13.2 Å². The van der Waals surface area contributed by atoms with E-state index in [1.54, 1.807) is 4.72 Å². The Morgan fingerprint density at radius 2 is 1.88 bits per heavy atom. The van der Waals surface area contributed by atoms with Crippen molar-refractivity contribution in [2.45, 2.75) is 12.2 Å². The van der Waals surface area contributed by atoms with Crippen LogP contribution in [0.15, 0.2) is 29.3 Å². The zero-order chi connectivity index (χ0) is 26.3. The highest BCUT2D eigenvalue weighted by molar-refractivity contribution is 7.90. The lowest BCUT2D eigenvalue weighted by atomic mass is 10.1. The van der Waals surface area contributed by atoms with E-state index in [0.29, 0.717) is 4.90 Å². The fourth-order valence-corrected chi connectivity index (χ4v) is 2.68. The summed E-state index contributed by atoms with van der Waals surface area (Å²) >= 11 is 0. The minimum Gasteiger partial charge on any atom is -0.503 e. The molecule has 0 spiro atoms. The van der Waals surface area contributed by atoms with Gasteiger partial charge in [-0.1, -0.05) is 6.08 Å². The molecule has 1 saturated heterocycles. The van der Waals surface area contributed by atoms with E-state index in [-0.39, 0.29) is 12.2 Å². The summed E-state index contributed by atoms with van der Waals surface area (Å²) in [5, 5.41) is 16.2. The Kier molecular flexibility index (Phi) is 9.14. The molecule has 0 bridgehead atoms. The number of rotatable bonds is 6. The number of sulfonamides is 1. The molecule has 1 aliphatic heterocycles. The number of carboxylic acids is 1. The van der Waals surface area contributed by atoms with Gasteiger partial charge in [-0.3, -0.25) is 24.7 Å². The maximum Gasteiger partial charge on any atom is 0.490 e. The second-order valence-corrected chi connectivity index (χ2v) is 7.91. The molecule has 0 saturated carbocycles. The van der Waals surface area contributed by atoms with Crippen LogP contribution in [0.25, 0.3) is 0 Å². The molecule has 1 atom stereocenters. The van der Waals surface area contributed by atoms with Gasteiger partial charge >= 0.3 is 18.2 Å². The number of carbonyl (C=O) groups is 4. The van der Waals surface area contributed by atoms with Crippen LogP contribution in [0.3, 0.4) is 0 Å². The van der Waals surface area contributed by atoms with Gasteiger partial charge < -0.3 is 26.4 Å². The molecule has 8 N–H and O–H groups in total. The van der Waals surface area contributed by atoms with E-state index in [9.17, 15) is 40.8 Å². The first-order valence-electron chi connectivity index (χ1n) is 8.59. The molecule has 2 heterocycles. The molecule has 4 amide bonds. The van der Waals surface area contributed by atoms with Crippen LogP contribution in [0.4, 0.5) is 18.0 Å². The monoisotopic (exact) mass is 514 g/mol. The molecule has 1 aromatic rings. The van der Waals surface area contributed by atoms with Crippen LogP contribution in [-0.4, -0.2) is 76.8 Å². The molecular weight excluding hydrogens is 497 g/mol. The number of urea groups is 1. The largest absolute Gasteiger partial charge is 0.503 e. The number of imide groups is 1. The van der Waals surface area contributed by atoms with Crippen LogP contribution in [0.2, 0.25) is 0 Å². The predicted molar refractivity (Wildman–Crippen MR) is 104 cm³/mol. The van der Waals surface area contributed by atoms with Crippen molar-refractivity contribution in [3.63, 3.8) is 0 Å². The van der Waals surface area contributed by atoms with E-state index in [2.05, 4.69) is 15.8 Å². The lowest BCUT2D eigenvalue weighted by molar-refractivity contribution is -0.192. The lowest BCUT2D eigenvalue weighted by Crippen LogP contribution is -2.65. The first-order chi connectivity index (χ1) is 15.5. The summed E-state index contributed by atoms with van der Waals surface area (Å²) in [7, 11) is -4.06. The highest BCUT2D eigenvalue weighted by atomic mass is 32.2. The summed E-state index contributed by atoms with van der Waals surface area (Å²) in [4.78, 5) is 57.7. The number of hydrogen-bond donors (Lipinski definition) is 7. The van der Waals surface area contributed by atoms with Crippen molar-refractivity contribution in [3.8, 4) is 5.75 Å². The Hall–Kier alpha value is -4.13. The Morgan fingerprint density at radius 3 is 2.35 bits per heavy atom. The number of nitrogens with two attached hydrogens (primary N) is 1. The maximum atomic E-state index is 11.7. The van der Waals surface area contributed by atoms with E-state index in [1.165, 1.54) is 0 Å². The average molecular weight is 514 g/mol. The maximum absolute atomic E-state index is 11.7. The van der Waals surface area contributed by atoms with E-state index in [1.807, 2.05) is 0 Å². The fraction of sp³-hybridized carbons (Fsp3) is 0.267. The molecule has 2 rings (SSSR count). The zero-order valence-corrected chi connectivity index (χ0v) is 17.4. The Bertz CT molecular complexity index is 1150. The first kappa shape index (κ1) is 27.9. The number of aliphatic carboxylic acids is 1. The first-order valence-corrected chi connectivity index (χ1v) is 10.2. The summed E-state index contributed by atoms with van der Waals surface area (Å²) in [6.45, 7) is -0.0665. The normalized spacial score (nSPS) is 15.6. The van der Waals surface area contributed by atoms with Crippen LogP contribution in [0.1, 0.15) is 10.5 Å². The number of nitrogens with one attached hydrogen (secondary N) is 4. The number of alkyl halides is 3. The molecule has 19 heteroatoms. The standard InChI is InChI=1S/C13H16N6O7S.C2HF3O2/c14-7-6-19(12(7)23)13(24)18-27(25,26)3-1-2-16-17-11(22)8-4-9(20)10(21)5-15-8;3-2(4,5)1(6)7/h1-2,4-5,7,16,21H,3,6,14H2,(H,15,20)(H,17,22)(H,18,24);(H,6,7)/t7-;/m0./s1. The highest BCUT2D eigenvalue weighted by Crippen LogP contribution is 2.13. The number of aromatic amines is 1. The fourth-order valence-electron chi connectivity index (χ4n) is 1.87. The van der Waals surface area contributed by atoms with Crippen molar-refractivity contribution < 1.29 is 51.0 Å². The summed E-state index contributed by atoms with van der Waals surface area (Å²) in [5.74, 6) is -5.34. The van der Waals surface area contributed by atoms with Crippen LogP contribution in [-0.2, 0) is 19.6 Å². The molecule has 34 heavy (non-hydrogen) atoms. The van der Waals surface area contributed by atoms with Crippen molar-refractivity contribution in [3.05, 3.63) is 40.5 Å².